The standard InChI is InChI=1S/C13H21NO6/c1-14(2,3)9-10(8-12(17)18)20-13(19)7-5-4-6-11(15)16/h5,7,10H,4,6,8-9H2,1-3H3,(H-,15,16,17,18)/p+1/b7-5+. The minimum Gasteiger partial charge on any atom is -0.481 e. The third-order valence-electron chi connectivity index (χ3n) is 2.22. The lowest BCUT2D eigenvalue weighted by atomic mass is 10.2. The zero-order valence-electron chi connectivity index (χ0n) is 12.0. The van der Waals surface area contributed by atoms with Gasteiger partial charge >= 0.3 is 17.9 Å². The quantitative estimate of drug-likeness (QED) is 0.364. The van der Waals surface area contributed by atoms with Gasteiger partial charge in [-0.25, -0.2) is 4.79 Å². The number of carboxylic acids is 2. The van der Waals surface area contributed by atoms with E-state index in [0.717, 1.165) is 6.08 Å². The first kappa shape index (κ1) is 18.1. The molecule has 0 saturated carbocycles. The van der Waals surface area contributed by atoms with Gasteiger partial charge in [0.15, 0.2) is 6.10 Å². The molecule has 0 radical (unpaired) electrons. The Morgan fingerprint density at radius 3 is 2.20 bits per heavy atom. The highest BCUT2D eigenvalue weighted by Gasteiger charge is 2.23. The summed E-state index contributed by atoms with van der Waals surface area (Å²) in [5.74, 6) is -2.64. The molecule has 0 fully saturated rings. The summed E-state index contributed by atoms with van der Waals surface area (Å²) >= 11 is 0. The van der Waals surface area contributed by atoms with E-state index in [-0.39, 0.29) is 19.3 Å². The number of esters is 1. The van der Waals surface area contributed by atoms with E-state index in [1.165, 1.54) is 6.08 Å². The number of carbonyl (C=O) groups excluding carboxylic acids is 1. The van der Waals surface area contributed by atoms with Crippen LogP contribution in [0.2, 0.25) is 0 Å². The molecular weight excluding hydrogens is 266 g/mol. The molecule has 0 aromatic heterocycles. The van der Waals surface area contributed by atoms with Gasteiger partial charge in [-0.2, -0.15) is 0 Å². The van der Waals surface area contributed by atoms with Gasteiger partial charge in [0, 0.05) is 12.5 Å². The van der Waals surface area contributed by atoms with Gasteiger partial charge in [0.1, 0.15) is 6.54 Å². The highest BCUT2D eigenvalue weighted by atomic mass is 16.5. The van der Waals surface area contributed by atoms with Crippen LogP contribution in [0.1, 0.15) is 19.3 Å². The summed E-state index contributed by atoms with van der Waals surface area (Å²) in [5, 5.41) is 17.2. The summed E-state index contributed by atoms with van der Waals surface area (Å²) in [6, 6.07) is 0. The number of ether oxygens (including phenoxy) is 1. The number of hydrogen-bond donors (Lipinski definition) is 2. The van der Waals surface area contributed by atoms with Crippen molar-refractivity contribution in [1.29, 1.82) is 0 Å². The van der Waals surface area contributed by atoms with E-state index >= 15 is 0 Å². The van der Waals surface area contributed by atoms with Crippen molar-refractivity contribution in [3.63, 3.8) is 0 Å². The monoisotopic (exact) mass is 288 g/mol. The molecule has 0 aromatic rings. The van der Waals surface area contributed by atoms with E-state index in [2.05, 4.69) is 0 Å². The molecule has 0 spiro atoms. The molecule has 1 atom stereocenters. The highest BCUT2D eigenvalue weighted by Crippen LogP contribution is 2.06. The van der Waals surface area contributed by atoms with Gasteiger partial charge in [-0.15, -0.1) is 0 Å². The van der Waals surface area contributed by atoms with Crippen molar-refractivity contribution < 1.29 is 33.8 Å². The largest absolute Gasteiger partial charge is 0.481 e. The van der Waals surface area contributed by atoms with Crippen LogP contribution in [0.5, 0.6) is 0 Å². The van der Waals surface area contributed by atoms with Gasteiger partial charge < -0.3 is 19.4 Å². The molecule has 0 aliphatic heterocycles. The van der Waals surface area contributed by atoms with Crippen LogP contribution in [0.4, 0.5) is 0 Å². The predicted octanol–water partition coefficient (Wildman–Crippen LogP) is 0.500. The van der Waals surface area contributed by atoms with E-state index in [1.807, 2.05) is 21.1 Å². The maximum atomic E-state index is 11.5. The molecular formula is C13H22NO6+. The third kappa shape index (κ3) is 11.2. The second kappa shape index (κ2) is 8.31. The molecule has 0 aliphatic carbocycles. The molecule has 0 aliphatic rings. The Morgan fingerprint density at radius 1 is 1.15 bits per heavy atom. The SMILES string of the molecule is C[N+](C)(C)CC(CC(=O)O)OC(=O)/C=C/CCC(=O)O. The highest BCUT2D eigenvalue weighted by molar-refractivity contribution is 5.82. The molecule has 0 rings (SSSR count). The van der Waals surface area contributed by atoms with Crippen LogP contribution in [0.3, 0.4) is 0 Å². The molecule has 0 bridgehead atoms. The van der Waals surface area contributed by atoms with Gasteiger partial charge in [-0.05, 0) is 6.42 Å². The van der Waals surface area contributed by atoms with Crippen molar-refractivity contribution in [2.45, 2.75) is 25.4 Å². The van der Waals surface area contributed by atoms with Crippen LogP contribution >= 0.6 is 0 Å². The first-order valence-electron chi connectivity index (χ1n) is 6.21. The Balaban J connectivity index is 4.38. The third-order valence-corrected chi connectivity index (χ3v) is 2.22. The number of allylic oxidation sites excluding steroid dienone is 1. The van der Waals surface area contributed by atoms with E-state index < -0.39 is 24.0 Å². The summed E-state index contributed by atoms with van der Waals surface area (Å²) < 4.78 is 5.54. The second-order valence-electron chi connectivity index (χ2n) is 5.46. The Bertz CT molecular complexity index is 383. The van der Waals surface area contributed by atoms with Crippen LogP contribution in [0, 0.1) is 0 Å². The van der Waals surface area contributed by atoms with Crippen molar-refractivity contribution in [2.75, 3.05) is 27.7 Å². The molecule has 0 heterocycles. The zero-order valence-corrected chi connectivity index (χ0v) is 12.0. The van der Waals surface area contributed by atoms with Gasteiger partial charge in [0.05, 0.1) is 27.6 Å². The lowest BCUT2D eigenvalue weighted by Gasteiger charge is -2.28. The number of nitrogens with zero attached hydrogens (tertiary/aromatic N) is 1. The fourth-order valence-corrected chi connectivity index (χ4v) is 1.54. The lowest BCUT2D eigenvalue weighted by Crippen LogP contribution is -2.43. The van der Waals surface area contributed by atoms with Crippen LogP contribution in [-0.2, 0) is 19.1 Å². The van der Waals surface area contributed by atoms with E-state index in [4.69, 9.17) is 14.9 Å². The first-order valence-corrected chi connectivity index (χ1v) is 6.21. The predicted molar refractivity (Wildman–Crippen MR) is 71.0 cm³/mol. The van der Waals surface area contributed by atoms with Crippen LogP contribution in [-0.4, -0.2) is 66.4 Å². The number of likely N-dealkylation sites (N-methyl/N-ethyl adjacent to an activating group) is 1. The van der Waals surface area contributed by atoms with E-state index in [1.54, 1.807) is 0 Å². The summed E-state index contributed by atoms with van der Waals surface area (Å²) in [7, 11) is 5.60. The fourth-order valence-electron chi connectivity index (χ4n) is 1.54. The van der Waals surface area contributed by atoms with Gasteiger partial charge in [-0.1, -0.05) is 6.08 Å². The smallest absolute Gasteiger partial charge is 0.330 e. The molecule has 7 heteroatoms. The summed E-state index contributed by atoms with van der Waals surface area (Å²) in [4.78, 5) is 32.5. The molecule has 2 N–H and O–H groups in total. The molecule has 20 heavy (non-hydrogen) atoms. The summed E-state index contributed by atoms with van der Waals surface area (Å²) in [6.07, 6.45) is 1.71. The molecule has 7 nitrogen and oxygen atoms in total. The Morgan fingerprint density at radius 2 is 1.75 bits per heavy atom. The molecule has 114 valence electrons. The molecule has 0 amide bonds. The molecule has 0 saturated heterocycles. The Kier molecular flexibility index (Phi) is 7.53. The van der Waals surface area contributed by atoms with Crippen molar-refractivity contribution >= 4 is 17.9 Å². The van der Waals surface area contributed by atoms with Gasteiger partial charge in [0.25, 0.3) is 0 Å². The van der Waals surface area contributed by atoms with Crippen molar-refractivity contribution in [3.05, 3.63) is 12.2 Å². The maximum Gasteiger partial charge on any atom is 0.330 e. The zero-order chi connectivity index (χ0) is 15.8. The van der Waals surface area contributed by atoms with Gasteiger partial charge in [-0.3, -0.25) is 9.59 Å². The van der Waals surface area contributed by atoms with E-state index in [0.29, 0.717) is 11.0 Å². The molecule has 0 aromatic carbocycles. The second-order valence-corrected chi connectivity index (χ2v) is 5.46. The summed E-state index contributed by atoms with van der Waals surface area (Å²) in [5.41, 5.74) is 0. The van der Waals surface area contributed by atoms with Crippen molar-refractivity contribution in [1.82, 2.24) is 0 Å². The first-order chi connectivity index (χ1) is 9.10. The van der Waals surface area contributed by atoms with Crippen LogP contribution in [0.15, 0.2) is 12.2 Å². The number of carbonyl (C=O) groups is 3. The fraction of sp³-hybridized carbons (Fsp3) is 0.615. The number of rotatable bonds is 9. The van der Waals surface area contributed by atoms with Crippen molar-refractivity contribution in [3.8, 4) is 0 Å². The average Bonchev–Trinajstić information content (AvgIpc) is 2.20. The number of hydrogen-bond acceptors (Lipinski definition) is 4. The van der Waals surface area contributed by atoms with E-state index in [9.17, 15) is 14.4 Å². The van der Waals surface area contributed by atoms with Crippen molar-refractivity contribution in [2.24, 2.45) is 0 Å². The van der Waals surface area contributed by atoms with Crippen LogP contribution < -0.4 is 0 Å². The van der Waals surface area contributed by atoms with Gasteiger partial charge in [0.2, 0.25) is 0 Å². The average molecular weight is 288 g/mol. The topological polar surface area (TPSA) is 101 Å². The number of quaternary nitrogens is 1. The minimum atomic E-state index is -1.04. The number of aliphatic carboxylic acids is 2. The maximum absolute atomic E-state index is 11.5. The Hall–Kier alpha value is -1.89. The molecule has 1 unspecified atom stereocenters. The minimum absolute atomic E-state index is 0.0682. The number of carboxylic acid groups (broad SMARTS) is 2. The summed E-state index contributed by atoms with van der Waals surface area (Å²) in [6.45, 7) is 0.376. The lowest BCUT2D eigenvalue weighted by molar-refractivity contribution is -0.873. The Labute approximate surface area is 118 Å². The van der Waals surface area contributed by atoms with Crippen LogP contribution in [0.25, 0.3) is 0 Å². The normalized spacial score (nSPS) is 13.2.